The van der Waals surface area contributed by atoms with E-state index in [9.17, 15) is 34.3 Å². The Morgan fingerprint density at radius 2 is 1.25 bits per heavy atom. The van der Waals surface area contributed by atoms with Crippen LogP contribution in [0.25, 0.3) is 0 Å². The Labute approximate surface area is 306 Å². The van der Waals surface area contributed by atoms with E-state index in [2.05, 4.69) is 18.4 Å². The maximum Gasteiger partial charge on any atom is 0.469 e. The minimum atomic E-state index is -4.85. The number of hydrogen-bond acceptors (Lipinski definition) is 10. The number of esters is 2. The lowest BCUT2D eigenvalue weighted by Gasteiger charge is -2.20. The van der Waals surface area contributed by atoms with Crippen LogP contribution >= 0.6 is 7.82 Å². The second kappa shape index (κ2) is 28.8. The molecule has 0 aromatic carbocycles. The molecule has 0 radical (unpaired) electrons. The largest absolute Gasteiger partial charge is 0.469 e. The second-order valence-corrected chi connectivity index (χ2v) is 15.5. The SMILES string of the molecule is CCCCCCCCCCCCCCC(=O)OC[C@H](COP(=O)(O)O)OC(=O)CCCCC(=O)C[C@@H]1[C@@H](/C=C/[C@@H](O)CCCCC)[C@H](O)C[C@@H]1O. The van der Waals surface area contributed by atoms with E-state index >= 15 is 0 Å². The van der Waals surface area contributed by atoms with Crippen LogP contribution in [-0.2, 0) is 32.9 Å². The van der Waals surface area contributed by atoms with Gasteiger partial charge in [0, 0.05) is 43.9 Å². The third-order valence-corrected chi connectivity index (χ3v) is 10.0. The Kier molecular flexibility index (Phi) is 26.7. The van der Waals surface area contributed by atoms with Crippen LogP contribution in [0.4, 0.5) is 0 Å². The van der Waals surface area contributed by atoms with Crippen molar-refractivity contribution in [3.63, 3.8) is 0 Å². The maximum atomic E-state index is 12.7. The van der Waals surface area contributed by atoms with Gasteiger partial charge in [-0.3, -0.25) is 18.9 Å². The van der Waals surface area contributed by atoms with Crippen molar-refractivity contribution in [2.24, 2.45) is 11.8 Å². The first kappa shape index (κ1) is 47.4. The number of Topliss-reactive ketones (excluding diaryl/α,β-unsaturated/α-hetero) is 1. The number of unbranched alkanes of at least 4 members (excludes halogenated alkanes) is 14. The van der Waals surface area contributed by atoms with E-state index in [1.165, 1.54) is 51.4 Å². The van der Waals surface area contributed by atoms with Gasteiger partial charge in [0.05, 0.1) is 24.9 Å². The topological polar surface area (TPSA) is 197 Å². The molecule has 0 heterocycles. The first-order valence-electron chi connectivity index (χ1n) is 19.7. The number of aliphatic hydroxyl groups is 3. The molecule has 0 aromatic heterocycles. The van der Waals surface area contributed by atoms with Crippen molar-refractivity contribution >= 4 is 25.5 Å². The predicted octanol–water partition coefficient (Wildman–Crippen LogP) is 7.02. The van der Waals surface area contributed by atoms with E-state index in [0.717, 1.165) is 38.5 Å². The average molecular weight is 749 g/mol. The monoisotopic (exact) mass is 748 g/mol. The van der Waals surface area contributed by atoms with Crippen molar-refractivity contribution < 1.29 is 58.1 Å². The first-order chi connectivity index (χ1) is 24.4. The van der Waals surface area contributed by atoms with Crippen LogP contribution in [0, 0.1) is 11.8 Å². The summed E-state index contributed by atoms with van der Waals surface area (Å²) >= 11 is 0. The minimum Gasteiger partial charge on any atom is -0.462 e. The van der Waals surface area contributed by atoms with Gasteiger partial charge in [-0.15, -0.1) is 0 Å². The zero-order valence-corrected chi connectivity index (χ0v) is 32.2. The smallest absolute Gasteiger partial charge is 0.462 e. The molecule has 0 aliphatic heterocycles. The minimum absolute atomic E-state index is 0.0655. The maximum absolute atomic E-state index is 12.7. The van der Waals surface area contributed by atoms with Crippen molar-refractivity contribution in [1.29, 1.82) is 0 Å². The first-order valence-corrected chi connectivity index (χ1v) is 21.2. The van der Waals surface area contributed by atoms with Gasteiger partial charge < -0.3 is 34.6 Å². The van der Waals surface area contributed by atoms with E-state index in [4.69, 9.17) is 19.3 Å². The summed E-state index contributed by atoms with van der Waals surface area (Å²) in [6.45, 7) is 3.25. The molecule has 0 amide bonds. The van der Waals surface area contributed by atoms with Gasteiger partial charge in [-0.25, -0.2) is 4.57 Å². The van der Waals surface area contributed by atoms with Crippen LogP contribution in [0.15, 0.2) is 12.2 Å². The number of carbonyl (C=O) groups excluding carboxylic acids is 3. The van der Waals surface area contributed by atoms with Gasteiger partial charge in [0.25, 0.3) is 0 Å². The number of rotatable bonds is 32. The fourth-order valence-electron chi connectivity index (χ4n) is 6.49. The summed E-state index contributed by atoms with van der Waals surface area (Å²) in [5.74, 6) is -2.19. The molecule has 1 aliphatic rings. The van der Waals surface area contributed by atoms with E-state index < -0.39 is 69.2 Å². The number of ketones is 1. The van der Waals surface area contributed by atoms with Crippen molar-refractivity contribution in [3.05, 3.63) is 12.2 Å². The van der Waals surface area contributed by atoms with Gasteiger partial charge >= 0.3 is 19.8 Å². The van der Waals surface area contributed by atoms with Crippen LogP contribution in [0.3, 0.4) is 0 Å². The molecule has 6 atom stereocenters. The van der Waals surface area contributed by atoms with Crippen molar-refractivity contribution in [3.8, 4) is 0 Å². The Hall–Kier alpha value is -1.66. The standard InChI is InChI=1S/C38H69O12P/c1-3-5-7-8-9-10-11-12-13-14-15-17-22-37(43)48-28-32(29-49-51(45,46)47)50-38(44)23-19-18-21-31(40)26-34-33(35(41)27-36(34)42)25-24-30(39)20-16-6-4-2/h24-25,30,32-36,39,41-42H,3-23,26-29H2,1-2H3,(H2,45,46,47)/b25-24+/t30-,32+,33+,34+,35+,36-/m0/s1. The average Bonchev–Trinajstić information content (AvgIpc) is 3.34. The van der Waals surface area contributed by atoms with Crippen molar-refractivity contribution in [1.82, 2.24) is 0 Å². The normalized spacial score (nSPS) is 20.5. The highest BCUT2D eigenvalue weighted by molar-refractivity contribution is 7.46. The molecule has 298 valence electrons. The molecular formula is C38H69O12P. The molecule has 0 unspecified atom stereocenters. The van der Waals surface area contributed by atoms with Gasteiger partial charge in [0.1, 0.15) is 12.4 Å². The second-order valence-electron chi connectivity index (χ2n) is 14.2. The Morgan fingerprint density at radius 1 is 0.725 bits per heavy atom. The summed E-state index contributed by atoms with van der Waals surface area (Å²) in [4.78, 5) is 55.7. The molecule has 0 aromatic rings. The van der Waals surface area contributed by atoms with Gasteiger partial charge in [-0.1, -0.05) is 116 Å². The Morgan fingerprint density at radius 3 is 1.86 bits per heavy atom. The van der Waals surface area contributed by atoms with Crippen molar-refractivity contribution in [2.75, 3.05) is 13.2 Å². The summed E-state index contributed by atoms with van der Waals surface area (Å²) in [5.41, 5.74) is 0. The van der Waals surface area contributed by atoms with E-state index in [0.29, 0.717) is 25.7 Å². The molecule has 0 saturated heterocycles. The van der Waals surface area contributed by atoms with E-state index in [-0.39, 0.29) is 37.9 Å². The highest BCUT2D eigenvalue weighted by Crippen LogP contribution is 2.37. The van der Waals surface area contributed by atoms with Gasteiger partial charge in [-0.2, -0.15) is 0 Å². The summed E-state index contributed by atoms with van der Waals surface area (Å²) in [6, 6.07) is 0. The van der Waals surface area contributed by atoms with Gasteiger partial charge in [0.15, 0.2) is 6.10 Å². The molecule has 1 fully saturated rings. The lowest BCUT2D eigenvalue weighted by molar-refractivity contribution is -0.161. The molecule has 5 N–H and O–H groups in total. The number of hydrogen-bond donors (Lipinski definition) is 5. The molecule has 0 bridgehead atoms. The van der Waals surface area contributed by atoms with Gasteiger partial charge in [-0.05, 0) is 25.7 Å². The summed E-state index contributed by atoms with van der Waals surface area (Å²) in [6.07, 6.45) is 18.6. The molecule has 1 aliphatic carbocycles. The summed E-state index contributed by atoms with van der Waals surface area (Å²) in [7, 11) is -4.85. The molecular weight excluding hydrogens is 679 g/mol. The quantitative estimate of drug-likeness (QED) is 0.0204. The fourth-order valence-corrected chi connectivity index (χ4v) is 6.85. The van der Waals surface area contributed by atoms with Crippen LogP contribution in [0.1, 0.15) is 162 Å². The number of carbonyl (C=O) groups is 3. The zero-order chi connectivity index (χ0) is 37.9. The molecule has 1 rings (SSSR count). The van der Waals surface area contributed by atoms with Gasteiger partial charge in [0.2, 0.25) is 0 Å². The summed E-state index contributed by atoms with van der Waals surface area (Å²) in [5, 5.41) is 31.1. The van der Waals surface area contributed by atoms with E-state index in [1.807, 2.05) is 0 Å². The zero-order valence-electron chi connectivity index (χ0n) is 31.3. The highest BCUT2D eigenvalue weighted by atomic mass is 31.2. The highest BCUT2D eigenvalue weighted by Gasteiger charge is 2.41. The molecule has 1 saturated carbocycles. The number of aliphatic hydroxyl groups excluding tert-OH is 3. The lowest BCUT2D eigenvalue weighted by Crippen LogP contribution is -2.29. The van der Waals surface area contributed by atoms with Crippen LogP contribution in [0.2, 0.25) is 0 Å². The molecule has 0 spiro atoms. The van der Waals surface area contributed by atoms with Crippen LogP contribution in [-0.4, -0.2) is 80.5 Å². The molecule has 13 heteroatoms. The molecule has 12 nitrogen and oxygen atoms in total. The number of phosphoric acid groups is 1. The van der Waals surface area contributed by atoms with Crippen LogP contribution < -0.4 is 0 Å². The van der Waals surface area contributed by atoms with Crippen LogP contribution in [0.5, 0.6) is 0 Å². The molecule has 51 heavy (non-hydrogen) atoms. The fraction of sp³-hybridized carbons (Fsp3) is 0.868. The third kappa shape index (κ3) is 25.1. The predicted molar refractivity (Wildman–Crippen MR) is 196 cm³/mol. The number of phosphoric ester groups is 1. The van der Waals surface area contributed by atoms with Crippen molar-refractivity contribution in [2.45, 2.75) is 186 Å². The Bertz CT molecular complexity index is 1010. The lowest BCUT2D eigenvalue weighted by atomic mass is 9.87. The number of ether oxygens (including phenoxy) is 2. The van der Waals surface area contributed by atoms with E-state index in [1.54, 1.807) is 12.2 Å². The Balaban J connectivity index is 2.37. The third-order valence-electron chi connectivity index (χ3n) is 9.52. The summed E-state index contributed by atoms with van der Waals surface area (Å²) < 4.78 is 26.2.